The second kappa shape index (κ2) is 5.28. The molecule has 0 aromatic carbocycles. The molecule has 4 heteroatoms. The molecule has 84 valence electrons. The van der Waals surface area contributed by atoms with Gasteiger partial charge in [-0.25, -0.2) is 4.98 Å². The van der Waals surface area contributed by atoms with Gasteiger partial charge in [0.2, 0.25) is 0 Å². The van der Waals surface area contributed by atoms with Crippen LogP contribution >= 0.6 is 0 Å². The van der Waals surface area contributed by atoms with Crippen molar-refractivity contribution in [1.29, 1.82) is 0 Å². The van der Waals surface area contributed by atoms with Crippen molar-refractivity contribution in [2.24, 2.45) is 0 Å². The molecular weight excluding hydrogens is 192 g/mol. The summed E-state index contributed by atoms with van der Waals surface area (Å²) in [5.41, 5.74) is 0. The predicted molar refractivity (Wildman–Crippen MR) is 56.6 cm³/mol. The molecule has 1 saturated heterocycles. The number of aryl methyl sites for hydroxylation is 1. The molecule has 15 heavy (non-hydrogen) atoms. The van der Waals surface area contributed by atoms with Gasteiger partial charge in [-0.1, -0.05) is 13.3 Å². The minimum atomic E-state index is 0.0191. The molecule has 4 nitrogen and oxygen atoms in total. The summed E-state index contributed by atoms with van der Waals surface area (Å²) >= 11 is 0. The van der Waals surface area contributed by atoms with Crippen molar-refractivity contribution in [1.82, 2.24) is 9.55 Å². The Labute approximate surface area is 90.2 Å². The van der Waals surface area contributed by atoms with E-state index in [0.717, 1.165) is 12.4 Å². The Morgan fingerprint density at radius 3 is 3.20 bits per heavy atom. The number of hydrogen-bond acceptors (Lipinski definition) is 3. The summed E-state index contributed by atoms with van der Waals surface area (Å²) < 4.78 is 13.2. The molecule has 1 aliphatic heterocycles. The molecule has 1 atom stereocenters. The van der Waals surface area contributed by atoms with Crippen molar-refractivity contribution in [3.05, 3.63) is 18.2 Å². The van der Waals surface area contributed by atoms with E-state index in [4.69, 9.17) is 9.47 Å². The van der Waals surface area contributed by atoms with Gasteiger partial charge in [-0.3, -0.25) is 0 Å². The lowest BCUT2D eigenvalue weighted by Crippen LogP contribution is -2.24. The molecule has 0 radical (unpaired) electrons. The van der Waals surface area contributed by atoms with E-state index < -0.39 is 0 Å². The van der Waals surface area contributed by atoms with Gasteiger partial charge in [0.25, 0.3) is 0 Å². The van der Waals surface area contributed by atoms with Crippen LogP contribution in [-0.2, 0) is 16.0 Å². The summed E-state index contributed by atoms with van der Waals surface area (Å²) in [4.78, 5) is 4.35. The number of nitrogens with zero attached hydrogens (tertiary/aromatic N) is 2. The second-order valence-electron chi connectivity index (χ2n) is 3.77. The summed E-state index contributed by atoms with van der Waals surface area (Å²) in [6.45, 7) is 5.21. The predicted octanol–water partition coefficient (Wildman–Crippen LogP) is 1.77. The summed E-state index contributed by atoms with van der Waals surface area (Å²) in [5.74, 6) is 1.00. The highest BCUT2D eigenvalue weighted by molar-refractivity contribution is 4.97. The SMILES string of the molecule is CCCCn1ccnc1C1COCCO1. The second-order valence-corrected chi connectivity index (χ2v) is 3.77. The largest absolute Gasteiger partial charge is 0.376 e. The quantitative estimate of drug-likeness (QED) is 0.760. The fourth-order valence-electron chi connectivity index (χ4n) is 1.76. The Morgan fingerprint density at radius 1 is 1.53 bits per heavy atom. The Balaban J connectivity index is 2.02. The lowest BCUT2D eigenvalue weighted by molar-refractivity contribution is -0.0946. The van der Waals surface area contributed by atoms with Gasteiger partial charge in [-0.15, -0.1) is 0 Å². The van der Waals surface area contributed by atoms with E-state index in [9.17, 15) is 0 Å². The average Bonchev–Trinajstić information content (AvgIpc) is 2.75. The summed E-state index contributed by atoms with van der Waals surface area (Å²) in [6.07, 6.45) is 6.24. The summed E-state index contributed by atoms with van der Waals surface area (Å²) in [6, 6.07) is 0. The van der Waals surface area contributed by atoms with Crippen LogP contribution in [0.4, 0.5) is 0 Å². The van der Waals surface area contributed by atoms with Crippen LogP contribution in [0.3, 0.4) is 0 Å². The maximum atomic E-state index is 5.63. The lowest BCUT2D eigenvalue weighted by Gasteiger charge is -2.23. The molecule has 0 aliphatic carbocycles. The monoisotopic (exact) mass is 210 g/mol. The minimum Gasteiger partial charge on any atom is -0.376 e. The van der Waals surface area contributed by atoms with Crippen molar-refractivity contribution >= 4 is 0 Å². The molecule has 2 heterocycles. The maximum absolute atomic E-state index is 5.63. The van der Waals surface area contributed by atoms with E-state index >= 15 is 0 Å². The molecule has 1 unspecified atom stereocenters. The van der Waals surface area contributed by atoms with Crippen LogP contribution in [0.2, 0.25) is 0 Å². The van der Waals surface area contributed by atoms with Crippen molar-refractivity contribution in [3.8, 4) is 0 Å². The first-order valence-corrected chi connectivity index (χ1v) is 5.62. The van der Waals surface area contributed by atoms with E-state index in [2.05, 4.69) is 16.5 Å². The van der Waals surface area contributed by atoms with Gasteiger partial charge in [0.15, 0.2) is 0 Å². The van der Waals surface area contributed by atoms with E-state index in [1.807, 2.05) is 12.4 Å². The minimum absolute atomic E-state index is 0.0191. The normalized spacial score (nSPS) is 21.8. The molecule has 1 aliphatic rings. The Morgan fingerprint density at radius 2 is 2.47 bits per heavy atom. The first-order valence-electron chi connectivity index (χ1n) is 5.62. The smallest absolute Gasteiger partial charge is 0.140 e. The zero-order valence-electron chi connectivity index (χ0n) is 9.19. The fourth-order valence-corrected chi connectivity index (χ4v) is 1.76. The van der Waals surface area contributed by atoms with E-state index in [0.29, 0.717) is 19.8 Å². The summed E-state index contributed by atoms with van der Waals surface area (Å²) in [5, 5.41) is 0. The first kappa shape index (κ1) is 10.6. The van der Waals surface area contributed by atoms with Crippen molar-refractivity contribution in [2.75, 3.05) is 19.8 Å². The standard InChI is InChI=1S/C11H18N2O2/c1-2-3-5-13-6-4-12-11(13)10-9-14-7-8-15-10/h4,6,10H,2-3,5,7-9H2,1H3. The van der Waals surface area contributed by atoms with Gasteiger partial charge >= 0.3 is 0 Å². The molecule has 1 aromatic rings. The molecule has 0 N–H and O–H groups in total. The fraction of sp³-hybridized carbons (Fsp3) is 0.727. The zero-order valence-corrected chi connectivity index (χ0v) is 9.19. The molecule has 0 saturated carbocycles. The van der Waals surface area contributed by atoms with E-state index in [1.54, 1.807) is 0 Å². The van der Waals surface area contributed by atoms with Gasteiger partial charge in [-0.2, -0.15) is 0 Å². The molecule has 0 bridgehead atoms. The van der Waals surface area contributed by atoms with Crippen LogP contribution in [0, 0.1) is 0 Å². The molecule has 2 rings (SSSR count). The number of rotatable bonds is 4. The summed E-state index contributed by atoms with van der Waals surface area (Å²) in [7, 11) is 0. The van der Waals surface area contributed by atoms with Gasteiger partial charge in [0, 0.05) is 18.9 Å². The molecular formula is C11H18N2O2. The van der Waals surface area contributed by atoms with Crippen LogP contribution < -0.4 is 0 Å². The number of aromatic nitrogens is 2. The Kier molecular flexibility index (Phi) is 3.75. The van der Waals surface area contributed by atoms with Crippen LogP contribution in [0.5, 0.6) is 0 Å². The van der Waals surface area contributed by atoms with Gasteiger partial charge in [0.05, 0.1) is 19.8 Å². The third-order valence-electron chi connectivity index (χ3n) is 2.60. The molecule has 1 fully saturated rings. The van der Waals surface area contributed by atoms with Crippen LogP contribution in [0.1, 0.15) is 31.7 Å². The van der Waals surface area contributed by atoms with Crippen molar-refractivity contribution in [3.63, 3.8) is 0 Å². The van der Waals surface area contributed by atoms with Crippen LogP contribution in [0.15, 0.2) is 12.4 Å². The highest BCUT2D eigenvalue weighted by Crippen LogP contribution is 2.19. The highest BCUT2D eigenvalue weighted by Gasteiger charge is 2.20. The molecule has 1 aromatic heterocycles. The number of unbranched alkanes of at least 4 members (excludes halogenated alkanes) is 1. The third kappa shape index (κ3) is 2.58. The van der Waals surface area contributed by atoms with Gasteiger partial charge in [-0.05, 0) is 6.42 Å². The van der Waals surface area contributed by atoms with Gasteiger partial charge < -0.3 is 14.0 Å². The molecule has 0 spiro atoms. The van der Waals surface area contributed by atoms with Crippen molar-refractivity contribution in [2.45, 2.75) is 32.4 Å². The van der Waals surface area contributed by atoms with Crippen molar-refractivity contribution < 1.29 is 9.47 Å². The first-order chi connectivity index (χ1) is 7.42. The van der Waals surface area contributed by atoms with Gasteiger partial charge in [0.1, 0.15) is 11.9 Å². The topological polar surface area (TPSA) is 36.3 Å². The van der Waals surface area contributed by atoms with E-state index in [-0.39, 0.29) is 6.10 Å². The van der Waals surface area contributed by atoms with Crippen LogP contribution in [0.25, 0.3) is 0 Å². The highest BCUT2D eigenvalue weighted by atomic mass is 16.6. The number of imidazole rings is 1. The Bertz CT molecular complexity index is 293. The van der Waals surface area contributed by atoms with Crippen LogP contribution in [-0.4, -0.2) is 29.4 Å². The number of ether oxygens (including phenoxy) is 2. The number of hydrogen-bond donors (Lipinski definition) is 0. The Hall–Kier alpha value is -0.870. The lowest BCUT2D eigenvalue weighted by atomic mass is 10.3. The maximum Gasteiger partial charge on any atom is 0.140 e. The average molecular weight is 210 g/mol. The molecule has 0 amide bonds. The zero-order chi connectivity index (χ0) is 10.5. The van der Waals surface area contributed by atoms with E-state index in [1.165, 1.54) is 12.8 Å². The third-order valence-corrected chi connectivity index (χ3v) is 2.60.